The van der Waals surface area contributed by atoms with Gasteiger partial charge in [0.05, 0.1) is 6.61 Å². The number of pyridine rings is 1. The first-order valence-corrected chi connectivity index (χ1v) is 7.27. The van der Waals surface area contributed by atoms with Crippen molar-refractivity contribution in [3.63, 3.8) is 0 Å². The Morgan fingerprint density at radius 2 is 2.30 bits per heavy atom. The molecule has 2 aromatic rings. The number of hydrogen-bond acceptors (Lipinski definition) is 7. The van der Waals surface area contributed by atoms with E-state index in [1.54, 1.807) is 19.4 Å². The molecule has 104 valence electrons. The normalized spacial score (nSPS) is 12.1. The monoisotopic (exact) mass is 289 g/mol. The Bertz CT molecular complexity index is 655. The molecule has 7 heteroatoms. The van der Waals surface area contributed by atoms with Gasteiger partial charge in [0.15, 0.2) is 11.0 Å². The number of nitrogens with zero attached hydrogens (tertiary/aromatic N) is 4. The van der Waals surface area contributed by atoms with Gasteiger partial charge in [0.25, 0.3) is 0 Å². The van der Waals surface area contributed by atoms with Crippen molar-refractivity contribution >= 4 is 28.5 Å². The predicted molar refractivity (Wildman–Crippen MR) is 78.8 cm³/mol. The number of nitrogens with one attached hydrogen (secondary N) is 1. The Kier molecular flexibility index (Phi) is 4.71. The second-order valence-corrected chi connectivity index (χ2v) is 5.04. The van der Waals surface area contributed by atoms with E-state index in [-0.39, 0.29) is 6.04 Å². The predicted octanol–water partition coefficient (Wildman–Crippen LogP) is 2.07. The maximum atomic E-state index is 9.05. The van der Waals surface area contributed by atoms with Crippen LogP contribution in [0.2, 0.25) is 0 Å². The van der Waals surface area contributed by atoms with Crippen molar-refractivity contribution in [2.24, 2.45) is 0 Å². The van der Waals surface area contributed by atoms with Crippen LogP contribution in [0.25, 0.3) is 10.9 Å². The zero-order valence-corrected chi connectivity index (χ0v) is 12.4. The number of fused-ring (bicyclic) bond motifs is 1. The first-order chi connectivity index (χ1) is 9.67. The molecule has 2 aromatic heterocycles. The fourth-order valence-corrected chi connectivity index (χ4v) is 2.15. The molecule has 0 spiro atoms. The fourth-order valence-electron chi connectivity index (χ4n) is 1.80. The van der Waals surface area contributed by atoms with Crippen molar-refractivity contribution in [2.75, 3.05) is 25.3 Å². The molecule has 1 N–H and O–H groups in total. The van der Waals surface area contributed by atoms with Crippen LogP contribution in [0.3, 0.4) is 0 Å². The van der Waals surface area contributed by atoms with Crippen LogP contribution in [-0.2, 0) is 4.74 Å². The number of rotatable bonds is 5. The molecule has 0 aliphatic heterocycles. The largest absolute Gasteiger partial charge is 0.383 e. The molecule has 0 fully saturated rings. The zero-order valence-electron chi connectivity index (χ0n) is 11.5. The fraction of sp³-hybridized carbons (Fsp3) is 0.385. The summed E-state index contributed by atoms with van der Waals surface area (Å²) in [5.41, 5.74) is 1.05. The molecule has 0 radical (unpaired) electrons. The van der Waals surface area contributed by atoms with Gasteiger partial charge in [0.1, 0.15) is 17.3 Å². The number of nitriles is 1. The summed E-state index contributed by atoms with van der Waals surface area (Å²) in [7, 11) is 1.64. The maximum Gasteiger partial charge on any atom is 0.187 e. The van der Waals surface area contributed by atoms with Gasteiger partial charge in [-0.3, -0.25) is 0 Å². The summed E-state index contributed by atoms with van der Waals surface area (Å²) < 4.78 is 5.10. The Balaban J connectivity index is 2.51. The second-order valence-electron chi connectivity index (χ2n) is 4.26. The molecule has 0 saturated heterocycles. The van der Waals surface area contributed by atoms with Crippen molar-refractivity contribution in [3.05, 3.63) is 18.0 Å². The molecule has 0 aromatic carbocycles. The number of hydrogen-bond donors (Lipinski definition) is 1. The molecule has 0 bridgehead atoms. The molecule has 0 unspecified atom stereocenters. The third-order valence-corrected chi connectivity index (χ3v) is 3.20. The van der Waals surface area contributed by atoms with Crippen LogP contribution >= 0.6 is 11.8 Å². The van der Waals surface area contributed by atoms with Crippen LogP contribution in [0, 0.1) is 11.3 Å². The summed E-state index contributed by atoms with van der Waals surface area (Å²) >= 11 is 1.46. The summed E-state index contributed by atoms with van der Waals surface area (Å²) in [6, 6.07) is 3.80. The van der Waals surface area contributed by atoms with E-state index in [0.29, 0.717) is 28.8 Å². The van der Waals surface area contributed by atoms with Crippen molar-refractivity contribution in [3.8, 4) is 6.07 Å². The number of thioether (sulfide) groups is 1. The van der Waals surface area contributed by atoms with Gasteiger partial charge in [-0.15, -0.1) is 0 Å². The van der Waals surface area contributed by atoms with Gasteiger partial charge in [0, 0.05) is 24.7 Å². The van der Waals surface area contributed by atoms with E-state index < -0.39 is 0 Å². The molecule has 0 aliphatic rings. The van der Waals surface area contributed by atoms with E-state index in [0.717, 1.165) is 5.39 Å². The second kappa shape index (κ2) is 6.50. The van der Waals surface area contributed by atoms with Gasteiger partial charge in [0.2, 0.25) is 0 Å². The lowest BCUT2D eigenvalue weighted by molar-refractivity contribution is 0.190. The lowest BCUT2D eigenvalue weighted by atomic mass is 10.2. The molecule has 2 rings (SSSR count). The minimum Gasteiger partial charge on any atom is -0.383 e. The number of anilines is 1. The van der Waals surface area contributed by atoms with Gasteiger partial charge < -0.3 is 10.1 Å². The number of aromatic nitrogens is 3. The van der Waals surface area contributed by atoms with E-state index in [9.17, 15) is 0 Å². The highest BCUT2D eigenvalue weighted by molar-refractivity contribution is 7.98. The van der Waals surface area contributed by atoms with Crippen LogP contribution in [0.4, 0.5) is 5.82 Å². The van der Waals surface area contributed by atoms with Crippen LogP contribution in [-0.4, -0.2) is 41.0 Å². The first kappa shape index (κ1) is 14.5. The summed E-state index contributed by atoms with van der Waals surface area (Å²) in [5, 5.41) is 13.7. The minimum absolute atomic E-state index is 0.0670. The third kappa shape index (κ3) is 3.15. The van der Waals surface area contributed by atoms with Crippen LogP contribution in [0.1, 0.15) is 12.6 Å². The third-order valence-electron chi connectivity index (χ3n) is 2.64. The molecule has 20 heavy (non-hydrogen) atoms. The van der Waals surface area contributed by atoms with Gasteiger partial charge in [-0.25, -0.2) is 15.0 Å². The highest BCUT2D eigenvalue weighted by Crippen LogP contribution is 2.23. The first-order valence-electron chi connectivity index (χ1n) is 6.05. The lowest BCUT2D eigenvalue weighted by Crippen LogP contribution is -2.22. The van der Waals surface area contributed by atoms with Gasteiger partial charge in [-0.2, -0.15) is 5.26 Å². The topological polar surface area (TPSA) is 83.7 Å². The van der Waals surface area contributed by atoms with Crippen molar-refractivity contribution in [1.29, 1.82) is 5.26 Å². The summed E-state index contributed by atoms with van der Waals surface area (Å²) in [6.45, 7) is 2.52. The van der Waals surface area contributed by atoms with Crippen molar-refractivity contribution < 1.29 is 4.74 Å². The smallest absolute Gasteiger partial charge is 0.187 e. The summed E-state index contributed by atoms with van der Waals surface area (Å²) in [4.78, 5) is 13.0. The molecule has 1 atom stereocenters. The van der Waals surface area contributed by atoms with Gasteiger partial charge >= 0.3 is 0 Å². The van der Waals surface area contributed by atoms with E-state index >= 15 is 0 Å². The minimum atomic E-state index is 0.0670. The summed E-state index contributed by atoms with van der Waals surface area (Å²) in [5.74, 6) is 0.585. The van der Waals surface area contributed by atoms with Crippen LogP contribution in [0.15, 0.2) is 17.4 Å². The Hall–Kier alpha value is -1.91. The average Bonchev–Trinajstić information content (AvgIpc) is 2.46. The Labute approximate surface area is 121 Å². The van der Waals surface area contributed by atoms with Gasteiger partial charge in [-0.1, -0.05) is 11.8 Å². The highest BCUT2D eigenvalue weighted by Gasteiger charge is 2.11. The zero-order chi connectivity index (χ0) is 14.5. The van der Waals surface area contributed by atoms with Crippen LogP contribution < -0.4 is 5.32 Å². The highest BCUT2D eigenvalue weighted by atomic mass is 32.2. The lowest BCUT2D eigenvalue weighted by Gasteiger charge is -2.15. The van der Waals surface area contributed by atoms with E-state index in [1.165, 1.54) is 11.8 Å². The van der Waals surface area contributed by atoms with E-state index in [1.807, 2.05) is 13.2 Å². The average molecular weight is 289 g/mol. The van der Waals surface area contributed by atoms with Gasteiger partial charge in [-0.05, 0) is 19.2 Å². The Morgan fingerprint density at radius 1 is 1.50 bits per heavy atom. The molecule has 2 heterocycles. The molecule has 0 aliphatic carbocycles. The van der Waals surface area contributed by atoms with Crippen molar-refractivity contribution in [1.82, 2.24) is 15.0 Å². The standard InChI is InChI=1S/C13H15N5OS/c1-8(7-19-2)16-12-11-9(4-10(5-14)17-12)6-15-13(18-11)20-3/h4,6,8H,7H2,1-3H3,(H,16,17)/t8-/m0/s1. The van der Waals surface area contributed by atoms with Crippen LogP contribution in [0.5, 0.6) is 0 Å². The van der Waals surface area contributed by atoms with Crippen molar-refractivity contribution in [2.45, 2.75) is 18.1 Å². The Morgan fingerprint density at radius 3 is 2.95 bits per heavy atom. The van der Waals surface area contributed by atoms with E-state index in [2.05, 4.69) is 26.3 Å². The number of ether oxygens (including phenoxy) is 1. The molecule has 6 nitrogen and oxygen atoms in total. The summed E-state index contributed by atoms with van der Waals surface area (Å²) in [6.07, 6.45) is 3.63. The quantitative estimate of drug-likeness (QED) is 0.666. The molecular formula is C13H15N5OS. The molecule has 0 amide bonds. The molecular weight excluding hydrogens is 274 g/mol. The maximum absolute atomic E-state index is 9.05. The number of methoxy groups -OCH3 is 1. The molecule has 0 saturated carbocycles. The SMILES string of the molecule is COC[C@H](C)Nc1nc(C#N)cc2cnc(SC)nc12. The van der Waals surface area contributed by atoms with E-state index in [4.69, 9.17) is 10.00 Å².